The highest BCUT2D eigenvalue weighted by atomic mass is 16.5. The van der Waals surface area contributed by atoms with E-state index in [1.807, 2.05) is 0 Å². The van der Waals surface area contributed by atoms with Crippen LogP contribution in [0, 0.1) is 0 Å². The molecule has 19 heavy (non-hydrogen) atoms. The van der Waals surface area contributed by atoms with Crippen molar-refractivity contribution in [2.24, 2.45) is 0 Å². The zero-order valence-corrected chi connectivity index (χ0v) is 10.4. The Morgan fingerprint density at radius 2 is 2.26 bits per heavy atom. The topological polar surface area (TPSA) is 87.7 Å². The number of hydrogen-bond donors (Lipinski definition) is 3. The lowest BCUT2D eigenvalue weighted by atomic mass is 10.1. The first-order valence-corrected chi connectivity index (χ1v) is 6.10. The molecule has 0 unspecified atom stereocenters. The minimum absolute atomic E-state index is 0.0280. The van der Waals surface area contributed by atoms with Gasteiger partial charge < -0.3 is 20.5 Å². The van der Waals surface area contributed by atoms with Crippen LogP contribution >= 0.6 is 0 Å². The van der Waals surface area contributed by atoms with E-state index in [-0.39, 0.29) is 25.0 Å². The molecule has 0 spiro atoms. The predicted octanol–water partition coefficient (Wildman–Crippen LogP) is -0.0801. The van der Waals surface area contributed by atoms with E-state index in [4.69, 9.17) is 9.84 Å². The van der Waals surface area contributed by atoms with Crippen LogP contribution in [0.15, 0.2) is 18.2 Å². The van der Waals surface area contributed by atoms with Crippen LogP contribution in [0.4, 0.5) is 5.69 Å². The van der Waals surface area contributed by atoms with Crippen molar-refractivity contribution in [3.8, 4) is 0 Å². The van der Waals surface area contributed by atoms with Crippen LogP contribution in [-0.2, 0) is 16.0 Å². The van der Waals surface area contributed by atoms with Crippen molar-refractivity contribution in [1.82, 2.24) is 5.32 Å². The number of amides is 2. The molecule has 1 aromatic carbocycles. The van der Waals surface area contributed by atoms with Crippen LogP contribution in [0.2, 0.25) is 0 Å². The average Bonchev–Trinajstić information content (AvgIpc) is 2.77. The largest absolute Gasteiger partial charge is 0.394 e. The van der Waals surface area contributed by atoms with Crippen molar-refractivity contribution in [2.45, 2.75) is 6.42 Å². The summed E-state index contributed by atoms with van der Waals surface area (Å²) >= 11 is 0. The lowest BCUT2D eigenvalue weighted by molar-refractivity contribution is -0.115. The van der Waals surface area contributed by atoms with Crippen LogP contribution in [0.3, 0.4) is 0 Å². The number of anilines is 1. The van der Waals surface area contributed by atoms with Crippen LogP contribution in [0.1, 0.15) is 15.9 Å². The Hall–Kier alpha value is -1.92. The Bertz CT molecular complexity index is 488. The first-order valence-electron chi connectivity index (χ1n) is 6.10. The summed E-state index contributed by atoms with van der Waals surface area (Å²) < 4.78 is 5.04. The van der Waals surface area contributed by atoms with Crippen molar-refractivity contribution in [3.63, 3.8) is 0 Å². The van der Waals surface area contributed by atoms with E-state index in [0.717, 1.165) is 11.3 Å². The van der Waals surface area contributed by atoms with E-state index in [9.17, 15) is 9.59 Å². The summed E-state index contributed by atoms with van der Waals surface area (Å²) in [5.74, 6) is -0.250. The van der Waals surface area contributed by atoms with E-state index in [2.05, 4.69) is 10.6 Å². The lowest BCUT2D eigenvalue weighted by Gasteiger charge is -2.07. The molecule has 3 N–H and O–H groups in total. The number of carbonyl (C=O) groups excluding carboxylic acids is 2. The van der Waals surface area contributed by atoms with E-state index in [1.165, 1.54) is 0 Å². The molecular formula is C13H16N2O4. The third-order valence-electron chi connectivity index (χ3n) is 2.76. The zero-order chi connectivity index (χ0) is 13.7. The molecule has 2 rings (SSSR count). The molecule has 0 radical (unpaired) electrons. The van der Waals surface area contributed by atoms with Gasteiger partial charge in [0.05, 0.1) is 26.2 Å². The van der Waals surface area contributed by atoms with E-state index >= 15 is 0 Å². The van der Waals surface area contributed by atoms with E-state index in [1.54, 1.807) is 18.2 Å². The number of benzene rings is 1. The summed E-state index contributed by atoms with van der Waals surface area (Å²) in [5, 5.41) is 13.9. The first-order chi connectivity index (χ1) is 9.20. The maximum absolute atomic E-state index is 11.8. The smallest absolute Gasteiger partial charge is 0.251 e. The predicted molar refractivity (Wildman–Crippen MR) is 69.0 cm³/mol. The second-order valence-electron chi connectivity index (χ2n) is 4.19. The molecule has 0 saturated heterocycles. The minimum Gasteiger partial charge on any atom is -0.394 e. The summed E-state index contributed by atoms with van der Waals surface area (Å²) in [5.41, 5.74) is 2.14. The molecule has 1 aliphatic heterocycles. The Kier molecular flexibility index (Phi) is 4.48. The Balaban J connectivity index is 1.86. The van der Waals surface area contributed by atoms with E-state index in [0.29, 0.717) is 25.1 Å². The third kappa shape index (κ3) is 3.52. The number of rotatable bonds is 6. The average molecular weight is 264 g/mol. The van der Waals surface area contributed by atoms with Crippen molar-refractivity contribution >= 4 is 17.5 Å². The molecule has 6 heteroatoms. The summed E-state index contributed by atoms with van der Waals surface area (Å²) in [6.45, 7) is 0.979. The van der Waals surface area contributed by atoms with Gasteiger partial charge >= 0.3 is 0 Å². The summed E-state index contributed by atoms with van der Waals surface area (Å²) in [7, 11) is 0. The zero-order valence-electron chi connectivity index (χ0n) is 10.4. The molecule has 0 atom stereocenters. The van der Waals surface area contributed by atoms with Gasteiger partial charge in [-0.25, -0.2) is 0 Å². The van der Waals surface area contributed by atoms with E-state index < -0.39 is 0 Å². The fraction of sp³-hybridized carbons (Fsp3) is 0.385. The number of fused-ring (bicyclic) bond motifs is 1. The van der Waals surface area contributed by atoms with Gasteiger partial charge in [0.1, 0.15) is 0 Å². The maximum atomic E-state index is 11.8. The van der Waals surface area contributed by atoms with Crippen LogP contribution in [-0.4, -0.2) is 43.3 Å². The first kappa shape index (κ1) is 13.5. The van der Waals surface area contributed by atoms with Crippen molar-refractivity contribution in [2.75, 3.05) is 31.7 Å². The van der Waals surface area contributed by atoms with Crippen molar-refractivity contribution < 1.29 is 19.4 Å². The molecule has 1 aliphatic rings. The van der Waals surface area contributed by atoms with Crippen molar-refractivity contribution in [1.29, 1.82) is 0 Å². The van der Waals surface area contributed by atoms with Gasteiger partial charge in [-0.1, -0.05) is 0 Å². The van der Waals surface area contributed by atoms with Gasteiger partial charge in [-0.15, -0.1) is 0 Å². The highest BCUT2D eigenvalue weighted by Crippen LogP contribution is 2.23. The molecule has 1 heterocycles. The molecule has 102 valence electrons. The van der Waals surface area contributed by atoms with Gasteiger partial charge in [0.2, 0.25) is 5.91 Å². The monoisotopic (exact) mass is 264 g/mol. The number of aliphatic hydroxyl groups excluding tert-OH is 1. The number of nitrogens with one attached hydrogen (secondary N) is 2. The SMILES string of the molecule is O=C1Cc2cc(C(=O)NCCOCCO)ccc2N1. The molecule has 6 nitrogen and oxygen atoms in total. The summed E-state index contributed by atoms with van der Waals surface area (Å²) in [6.07, 6.45) is 0.316. The lowest BCUT2D eigenvalue weighted by Crippen LogP contribution is -2.27. The molecule has 0 aromatic heterocycles. The second-order valence-corrected chi connectivity index (χ2v) is 4.19. The number of ether oxygens (including phenoxy) is 1. The quantitative estimate of drug-likeness (QED) is 0.627. The van der Waals surface area contributed by atoms with Gasteiger partial charge in [0, 0.05) is 17.8 Å². The molecular weight excluding hydrogens is 248 g/mol. The Labute approximate surface area is 110 Å². The highest BCUT2D eigenvalue weighted by molar-refractivity contribution is 6.01. The molecule has 0 bridgehead atoms. The highest BCUT2D eigenvalue weighted by Gasteiger charge is 2.18. The third-order valence-corrected chi connectivity index (χ3v) is 2.76. The standard InChI is InChI=1S/C13H16N2O4/c16-4-6-19-5-3-14-13(18)9-1-2-11-10(7-9)8-12(17)15-11/h1-2,7,16H,3-6,8H2,(H,14,18)(H,15,17). The second kappa shape index (κ2) is 6.31. The number of aliphatic hydroxyl groups is 1. The molecule has 1 aromatic rings. The van der Waals surface area contributed by atoms with Crippen LogP contribution < -0.4 is 10.6 Å². The molecule has 2 amide bonds. The van der Waals surface area contributed by atoms with Gasteiger partial charge in [-0.3, -0.25) is 9.59 Å². The van der Waals surface area contributed by atoms with Gasteiger partial charge in [-0.2, -0.15) is 0 Å². The Morgan fingerprint density at radius 3 is 3.05 bits per heavy atom. The number of carbonyl (C=O) groups is 2. The van der Waals surface area contributed by atoms with Crippen molar-refractivity contribution in [3.05, 3.63) is 29.3 Å². The Morgan fingerprint density at radius 1 is 1.42 bits per heavy atom. The van der Waals surface area contributed by atoms with Gasteiger partial charge in [0.25, 0.3) is 5.91 Å². The molecule has 0 fully saturated rings. The minimum atomic E-state index is -0.199. The normalized spacial score (nSPS) is 13.0. The maximum Gasteiger partial charge on any atom is 0.251 e. The molecule has 0 saturated carbocycles. The van der Waals surface area contributed by atoms with Gasteiger partial charge in [0.15, 0.2) is 0 Å². The molecule has 0 aliphatic carbocycles. The van der Waals surface area contributed by atoms with Crippen LogP contribution in [0.5, 0.6) is 0 Å². The fourth-order valence-corrected chi connectivity index (χ4v) is 1.88. The van der Waals surface area contributed by atoms with Gasteiger partial charge in [-0.05, 0) is 23.8 Å². The number of hydrogen-bond acceptors (Lipinski definition) is 4. The fourth-order valence-electron chi connectivity index (χ4n) is 1.88. The van der Waals surface area contributed by atoms with Crippen LogP contribution in [0.25, 0.3) is 0 Å². The summed E-state index contributed by atoms with van der Waals surface area (Å²) in [4.78, 5) is 23.0. The summed E-state index contributed by atoms with van der Waals surface area (Å²) in [6, 6.07) is 5.13.